The van der Waals surface area contributed by atoms with Crippen molar-refractivity contribution in [2.75, 3.05) is 33.4 Å². The summed E-state index contributed by atoms with van der Waals surface area (Å²) in [6.07, 6.45) is 1.94. The van der Waals surface area contributed by atoms with Gasteiger partial charge in [-0.15, -0.1) is 6.58 Å². The Morgan fingerprint density at radius 3 is 2.53 bits per heavy atom. The van der Waals surface area contributed by atoms with Gasteiger partial charge in [-0.25, -0.2) is 0 Å². The molecule has 0 atom stereocenters. The van der Waals surface area contributed by atoms with Crippen LogP contribution in [0.15, 0.2) is 36.9 Å². The van der Waals surface area contributed by atoms with Crippen LogP contribution in [-0.2, 0) is 17.8 Å². The van der Waals surface area contributed by atoms with E-state index in [9.17, 15) is 0 Å². The highest BCUT2D eigenvalue weighted by Gasteiger charge is 2.04. The Hall–Kier alpha value is -1.16. The lowest BCUT2D eigenvalue weighted by Gasteiger charge is -2.20. The van der Waals surface area contributed by atoms with E-state index in [1.165, 1.54) is 11.1 Å². The second kappa shape index (κ2) is 9.73. The van der Waals surface area contributed by atoms with E-state index in [0.717, 1.165) is 39.3 Å². The predicted molar refractivity (Wildman–Crippen MR) is 81.2 cm³/mol. The van der Waals surface area contributed by atoms with E-state index in [0.29, 0.717) is 0 Å². The summed E-state index contributed by atoms with van der Waals surface area (Å²) in [6.45, 7) is 11.4. The highest BCUT2D eigenvalue weighted by atomic mass is 16.5. The first-order chi connectivity index (χ1) is 9.30. The molecule has 106 valence electrons. The van der Waals surface area contributed by atoms with Gasteiger partial charge in [0.05, 0.1) is 6.61 Å². The lowest BCUT2D eigenvalue weighted by atomic mass is 10.1. The molecule has 3 nitrogen and oxygen atoms in total. The van der Waals surface area contributed by atoms with Crippen molar-refractivity contribution < 1.29 is 4.74 Å². The molecule has 1 N–H and O–H groups in total. The van der Waals surface area contributed by atoms with Crippen molar-refractivity contribution in [3.8, 4) is 0 Å². The Bertz CT molecular complexity index is 348. The van der Waals surface area contributed by atoms with Crippen LogP contribution >= 0.6 is 0 Å². The van der Waals surface area contributed by atoms with Gasteiger partial charge in [0.25, 0.3) is 0 Å². The number of rotatable bonds is 10. The van der Waals surface area contributed by atoms with Crippen LogP contribution in [0.2, 0.25) is 0 Å². The number of ether oxygens (including phenoxy) is 1. The molecular formula is C16H26N2O. The number of benzene rings is 1. The van der Waals surface area contributed by atoms with Crippen LogP contribution < -0.4 is 5.32 Å². The zero-order valence-corrected chi connectivity index (χ0v) is 12.2. The molecule has 0 aliphatic rings. The van der Waals surface area contributed by atoms with Crippen molar-refractivity contribution in [3.05, 3.63) is 48.0 Å². The average Bonchev–Trinajstić information content (AvgIpc) is 2.44. The molecule has 0 amide bonds. The van der Waals surface area contributed by atoms with E-state index in [-0.39, 0.29) is 0 Å². The van der Waals surface area contributed by atoms with Gasteiger partial charge in [-0.1, -0.05) is 37.3 Å². The molecule has 0 saturated carbocycles. The number of hydrogen-bond donors (Lipinski definition) is 1. The molecule has 1 aromatic rings. The molecule has 1 rings (SSSR count). The minimum absolute atomic E-state index is 0.756. The van der Waals surface area contributed by atoms with Crippen molar-refractivity contribution in [2.45, 2.75) is 20.0 Å². The molecule has 0 bridgehead atoms. The van der Waals surface area contributed by atoms with Gasteiger partial charge in [0, 0.05) is 33.3 Å². The standard InChI is InChI=1S/C16H26N2O/c1-4-10-18(11-12-19-3)14-16-8-6-15(7-9-16)13-17-5-2/h4,6-9,17H,1,5,10-14H2,2-3H3. The van der Waals surface area contributed by atoms with Crippen molar-refractivity contribution in [3.63, 3.8) is 0 Å². The Balaban J connectivity index is 2.50. The van der Waals surface area contributed by atoms with Gasteiger partial charge < -0.3 is 10.1 Å². The zero-order chi connectivity index (χ0) is 13.9. The summed E-state index contributed by atoms with van der Waals surface area (Å²) < 4.78 is 5.14. The topological polar surface area (TPSA) is 24.5 Å². The summed E-state index contributed by atoms with van der Waals surface area (Å²) in [5.74, 6) is 0. The smallest absolute Gasteiger partial charge is 0.0589 e. The Morgan fingerprint density at radius 2 is 1.95 bits per heavy atom. The van der Waals surface area contributed by atoms with Crippen molar-refractivity contribution >= 4 is 0 Å². The van der Waals surface area contributed by atoms with E-state index in [1.54, 1.807) is 7.11 Å². The van der Waals surface area contributed by atoms with Gasteiger partial charge in [0.15, 0.2) is 0 Å². The number of methoxy groups -OCH3 is 1. The summed E-state index contributed by atoms with van der Waals surface area (Å²) in [5, 5.41) is 3.33. The molecule has 0 heterocycles. The van der Waals surface area contributed by atoms with Gasteiger partial charge in [-0.3, -0.25) is 4.90 Å². The minimum Gasteiger partial charge on any atom is -0.383 e. The van der Waals surface area contributed by atoms with Crippen molar-refractivity contribution in [1.82, 2.24) is 10.2 Å². The normalized spacial score (nSPS) is 10.9. The van der Waals surface area contributed by atoms with E-state index in [2.05, 4.69) is 48.0 Å². The fraction of sp³-hybridized carbons (Fsp3) is 0.500. The first kappa shape index (κ1) is 15.9. The molecule has 1 aromatic carbocycles. The summed E-state index contributed by atoms with van der Waals surface area (Å²) in [7, 11) is 1.74. The van der Waals surface area contributed by atoms with Crippen LogP contribution in [0, 0.1) is 0 Å². The molecule has 0 aliphatic carbocycles. The highest BCUT2D eigenvalue weighted by Crippen LogP contribution is 2.07. The molecule has 0 unspecified atom stereocenters. The zero-order valence-electron chi connectivity index (χ0n) is 12.2. The number of hydrogen-bond acceptors (Lipinski definition) is 3. The quantitative estimate of drug-likeness (QED) is 0.655. The predicted octanol–water partition coefficient (Wildman–Crippen LogP) is 2.43. The molecule has 0 aromatic heterocycles. The van der Waals surface area contributed by atoms with Crippen LogP contribution in [-0.4, -0.2) is 38.3 Å². The molecule has 0 spiro atoms. The van der Waals surface area contributed by atoms with Crippen LogP contribution in [0.5, 0.6) is 0 Å². The largest absolute Gasteiger partial charge is 0.383 e. The Morgan fingerprint density at radius 1 is 1.26 bits per heavy atom. The summed E-state index contributed by atoms with van der Waals surface area (Å²) >= 11 is 0. The molecule has 3 heteroatoms. The van der Waals surface area contributed by atoms with Crippen molar-refractivity contribution in [1.29, 1.82) is 0 Å². The second-order valence-corrected chi connectivity index (χ2v) is 4.61. The third-order valence-electron chi connectivity index (χ3n) is 3.01. The summed E-state index contributed by atoms with van der Waals surface area (Å²) in [6, 6.07) is 8.80. The van der Waals surface area contributed by atoms with Gasteiger partial charge >= 0.3 is 0 Å². The monoisotopic (exact) mass is 262 g/mol. The first-order valence-electron chi connectivity index (χ1n) is 6.90. The molecule has 0 aliphatic heterocycles. The van der Waals surface area contributed by atoms with Gasteiger partial charge in [0.1, 0.15) is 0 Å². The first-order valence-corrected chi connectivity index (χ1v) is 6.90. The maximum atomic E-state index is 5.14. The Labute approximate surface area is 117 Å². The SMILES string of the molecule is C=CCN(CCOC)Cc1ccc(CNCC)cc1. The lowest BCUT2D eigenvalue weighted by Crippen LogP contribution is -2.27. The fourth-order valence-corrected chi connectivity index (χ4v) is 1.93. The summed E-state index contributed by atoms with van der Waals surface area (Å²) in [4.78, 5) is 2.33. The number of nitrogens with one attached hydrogen (secondary N) is 1. The van der Waals surface area contributed by atoms with Crippen LogP contribution in [0.4, 0.5) is 0 Å². The van der Waals surface area contributed by atoms with Gasteiger partial charge in [-0.05, 0) is 17.7 Å². The van der Waals surface area contributed by atoms with E-state index in [4.69, 9.17) is 4.74 Å². The minimum atomic E-state index is 0.756. The summed E-state index contributed by atoms with van der Waals surface area (Å²) in [5.41, 5.74) is 2.66. The lowest BCUT2D eigenvalue weighted by molar-refractivity contribution is 0.151. The molecular weight excluding hydrogens is 236 g/mol. The maximum Gasteiger partial charge on any atom is 0.0589 e. The van der Waals surface area contributed by atoms with E-state index in [1.807, 2.05) is 6.08 Å². The van der Waals surface area contributed by atoms with Gasteiger partial charge in [0.2, 0.25) is 0 Å². The third kappa shape index (κ3) is 6.53. The molecule has 0 fully saturated rings. The molecule has 0 saturated heterocycles. The molecule has 0 radical (unpaired) electrons. The van der Waals surface area contributed by atoms with Gasteiger partial charge in [-0.2, -0.15) is 0 Å². The number of nitrogens with zero attached hydrogens (tertiary/aromatic N) is 1. The van der Waals surface area contributed by atoms with Crippen molar-refractivity contribution in [2.24, 2.45) is 0 Å². The Kier molecular flexibility index (Phi) is 8.14. The van der Waals surface area contributed by atoms with Crippen LogP contribution in [0.1, 0.15) is 18.1 Å². The van der Waals surface area contributed by atoms with Crippen LogP contribution in [0.25, 0.3) is 0 Å². The van der Waals surface area contributed by atoms with E-state index >= 15 is 0 Å². The van der Waals surface area contributed by atoms with Crippen LogP contribution in [0.3, 0.4) is 0 Å². The average molecular weight is 262 g/mol. The second-order valence-electron chi connectivity index (χ2n) is 4.61. The third-order valence-corrected chi connectivity index (χ3v) is 3.01. The highest BCUT2D eigenvalue weighted by molar-refractivity contribution is 5.22. The maximum absolute atomic E-state index is 5.14. The van der Waals surface area contributed by atoms with E-state index < -0.39 is 0 Å². The molecule has 19 heavy (non-hydrogen) atoms. The fourth-order valence-electron chi connectivity index (χ4n) is 1.93.